The van der Waals surface area contributed by atoms with Crippen molar-refractivity contribution in [2.45, 2.75) is 38.5 Å². The first-order valence-electron chi connectivity index (χ1n) is 7.88. The van der Waals surface area contributed by atoms with Crippen molar-refractivity contribution in [3.8, 4) is 0 Å². The molecular formula is C18H21N3O3. The van der Waals surface area contributed by atoms with Crippen LogP contribution in [0.25, 0.3) is 0 Å². The molecule has 1 aromatic heterocycles. The Morgan fingerprint density at radius 1 is 1.33 bits per heavy atom. The summed E-state index contributed by atoms with van der Waals surface area (Å²) in [6, 6.07) is 7.24. The Morgan fingerprint density at radius 3 is 2.75 bits per heavy atom. The van der Waals surface area contributed by atoms with Crippen LogP contribution in [-0.2, 0) is 14.9 Å². The topological polar surface area (TPSA) is 84.1 Å². The maximum Gasteiger partial charge on any atom is 0.337 e. The third kappa shape index (κ3) is 2.79. The molecule has 1 unspecified atom stereocenters. The second-order valence-corrected chi connectivity index (χ2v) is 7.03. The Bertz CT molecular complexity index is 802. The van der Waals surface area contributed by atoms with Gasteiger partial charge in [-0.05, 0) is 17.7 Å². The average molecular weight is 327 g/mol. The number of amides is 1. The highest BCUT2D eigenvalue weighted by Gasteiger charge is 2.35. The number of benzene rings is 1. The molecular weight excluding hydrogens is 306 g/mol. The Labute approximate surface area is 140 Å². The second-order valence-electron chi connectivity index (χ2n) is 7.03. The Hall–Kier alpha value is -2.63. The van der Waals surface area contributed by atoms with E-state index in [4.69, 9.17) is 4.74 Å². The van der Waals surface area contributed by atoms with E-state index in [0.29, 0.717) is 17.8 Å². The molecule has 0 radical (unpaired) electrons. The first-order chi connectivity index (χ1) is 11.3. The molecule has 2 aromatic rings. The number of anilines is 1. The number of nitrogens with zero attached hydrogens (tertiary/aromatic N) is 1. The van der Waals surface area contributed by atoms with Gasteiger partial charge < -0.3 is 10.1 Å². The fourth-order valence-electron chi connectivity index (χ4n) is 3.11. The number of H-pyrrole nitrogens is 1. The van der Waals surface area contributed by atoms with E-state index in [-0.39, 0.29) is 23.2 Å². The van der Waals surface area contributed by atoms with Gasteiger partial charge in [0.2, 0.25) is 5.91 Å². The minimum atomic E-state index is -0.388. The van der Waals surface area contributed by atoms with Crippen LogP contribution in [0, 0.1) is 0 Å². The summed E-state index contributed by atoms with van der Waals surface area (Å²) in [6.45, 7) is 6.29. The molecule has 0 spiro atoms. The zero-order valence-electron chi connectivity index (χ0n) is 14.3. The van der Waals surface area contributed by atoms with Crippen LogP contribution >= 0.6 is 0 Å². The normalized spacial score (nSPS) is 17.2. The van der Waals surface area contributed by atoms with Crippen molar-refractivity contribution in [2.75, 3.05) is 12.4 Å². The Kier molecular flexibility index (Phi) is 3.91. The van der Waals surface area contributed by atoms with Gasteiger partial charge in [0.15, 0.2) is 5.82 Å². The third-order valence-electron chi connectivity index (χ3n) is 4.26. The zero-order chi connectivity index (χ0) is 17.5. The highest BCUT2D eigenvalue weighted by molar-refractivity contribution is 5.95. The van der Waals surface area contributed by atoms with Crippen molar-refractivity contribution < 1.29 is 14.3 Å². The number of carbonyl (C=O) groups is 2. The number of aromatic nitrogens is 2. The lowest BCUT2D eigenvalue weighted by Crippen LogP contribution is -2.26. The lowest BCUT2D eigenvalue weighted by atomic mass is 9.79. The molecule has 3 rings (SSSR count). The largest absolute Gasteiger partial charge is 0.465 e. The molecule has 6 heteroatoms. The fourth-order valence-corrected chi connectivity index (χ4v) is 3.11. The number of nitrogens with one attached hydrogen (secondary N) is 2. The number of carbonyl (C=O) groups excluding carboxylic acids is 2. The van der Waals surface area contributed by atoms with Crippen LogP contribution in [0.4, 0.5) is 5.82 Å². The van der Waals surface area contributed by atoms with Crippen molar-refractivity contribution in [1.82, 2.24) is 10.2 Å². The maximum absolute atomic E-state index is 12.1. The van der Waals surface area contributed by atoms with Gasteiger partial charge in [0.05, 0.1) is 12.7 Å². The van der Waals surface area contributed by atoms with Crippen molar-refractivity contribution in [3.05, 3.63) is 46.6 Å². The number of rotatable bonds is 2. The van der Waals surface area contributed by atoms with E-state index >= 15 is 0 Å². The van der Waals surface area contributed by atoms with Crippen LogP contribution in [0.1, 0.15) is 60.3 Å². The molecule has 0 fully saturated rings. The van der Waals surface area contributed by atoms with Gasteiger partial charge in [0.1, 0.15) is 0 Å². The molecule has 1 aliphatic heterocycles. The summed E-state index contributed by atoms with van der Waals surface area (Å²) in [7, 11) is 1.36. The quantitative estimate of drug-likeness (QED) is 0.831. The minimum absolute atomic E-state index is 0.0806. The van der Waals surface area contributed by atoms with Gasteiger partial charge >= 0.3 is 5.97 Å². The van der Waals surface area contributed by atoms with E-state index in [0.717, 1.165) is 16.8 Å². The average Bonchev–Trinajstić information content (AvgIpc) is 2.97. The summed E-state index contributed by atoms with van der Waals surface area (Å²) in [4.78, 5) is 23.9. The molecule has 1 amide bonds. The predicted molar refractivity (Wildman–Crippen MR) is 90.2 cm³/mol. The van der Waals surface area contributed by atoms with Crippen LogP contribution in [0.3, 0.4) is 0 Å². The molecule has 24 heavy (non-hydrogen) atoms. The Morgan fingerprint density at radius 2 is 2.08 bits per heavy atom. The summed E-state index contributed by atoms with van der Waals surface area (Å²) in [5.74, 6) is -0.0421. The van der Waals surface area contributed by atoms with E-state index in [1.807, 2.05) is 12.1 Å². The minimum Gasteiger partial charge on any atom is -0.465 e. The van der Waals surface area contributed by atoms with Crippen LogP contribution in [-0.4, -0.2) is 29.2 Å². The molecule has 1 aromatic carbocycles. The first kappa shape index (κ1) is 16.2. The zero-order valence-corrected chi connectivity index (χ0v) is 14.3. The van der Waals surface area contributed by atoms with Gasteiger partial charge in [-0.25, -0.2) is 4.79 Å². The first-order valence-corrected chi connectivity index (χ1v) is 7.88. The number of aromatic amines is 1. The summed E-state index contributed by atoms with van der Waals surface area (Å²) in [6.07, 6.45) is 0.320. The van der Waals surface area contributed by atoms with E-state index in [2.05, 4.69) is 36.3 Å². The van der Waals surface area contributed by atoms with Crippen LogP contribution in [0.15, 0.2) is 24.3 Å². The SMILES string of the molecule is COC(=O)c1cccc(C2CC(=O)Nc3n[nH]c(C(C)(C)C)c32)c1. The molecule has 0 aliphatic carbocycles. The standard InChI is InChI=1S/C18H21N3O3/c1-18(2,3)15-14-12(9-13(22)19-16(14)21-20-15)10-6-5-7-11(8-10)17(23)24-4/h5-8,12H,9H2,1-4H3,(H2,19,20,21,22). The van der Waals surface area contributed by atoms with Gasteiger partial charge in [0, 0.05) is 29.0 Å². The highest BCUT2D eigenvalue weighted by Crippen LogP contribution is 2.41. The van der Waals surface area contributed by atoms with Gasteiger partial charge in [-0.1, -0.05) is 32.9 Å². The molecule has 6 nitrogen and oxygen atoms in total. The van der Waals surface area contributed by atoms with Crippen LogP contribution in [0.5, 0.6) is 0 Å². The van der Waals surface area contributed by atoms with Crippen LogP contribution in [0.2, 0.25) is 0 Å². The summed E-state index contributed by atoms with van der Waals surface area (Å²) < 4.78 is 4.80. The number of methoxy groups -OCH3 is 1. The fraction of sp³-hybridized carbons (Fsp3) is 0.389. The number of hydrogen-bond acceptors (Lipinski definition) is 4. The van der Waals surface area contributed by atoms with Crippen molar-refractivity contribution in [2.24, 2.45) is 0 Å². The molecule has 0 bridgehead atoms. The summed E-state index contributed by atoms with van der Waals surface area (Å²) in [5, 5.41) is 10.2. The molecule has 2 heterocycles. The van der Waals surface area contributed by atoms with E-state index in [9.17, 15) is 9.59 Å². The van der Waals surface area contributed by atoms with E-state index in [1.54, 1.807) is 12.1 Å². The summed E-state index contributed by atoms with van der Waals surface area (Å²) >= 11 is 0. The van der Waals surface area contributed by atoms with E-state index in [1.165, 1.54) is 7.11 Å². The van der Waals surface area contributed by atoms with Gasteiger partial charge in [-0.2, -0.15) is 5.10 Å². The number of esters is 1. The van der Waals surface area contributed by atoms with Gasteiger partial charge in [-0.3, -0.25) is 9.89 Å². The maximum atomic E-state index is 12.1. The molecule has 126 valence electrons. The molecule has 0 saturated carbocycles. The second kappa shape index (κ2) is 5.78. The van der Waals surface area contributed by atoms with Gasteiger partial charge in [-0.15, -0.1) is 0 Å². The number of fused-ring (bicyclic) bond motifs is 1. The molecule has 2 N–H and O–H groups in total. The highest BCUT2D eigenvalue weighted by atomic mass is 16.5. The third-order valence-corrected chi connectivity index (χ3v) is 4.26. The lowest BCUT2D eigenvalue weighted by molar-refractivity contribution is -0.116. The molecule has 0 saturated heterocycles. The summed E-state index contributed by atoms with van der Waals surface area (Å²) in [5.41, 5.74) is 3.22. The Balaban J connectivity index is 2.12. The molecule has 1 aliphatic rings. The lowest BCUT2D eigenvalue weighted by Gasteiger charge is -2.27. The van der Waals surface area contributed by atoms with Crippen molar-refractivity contribution in [3.63, 3.8) is 0 Å². The number of hydrogen-bond donors (Lipinski definition) is 2. The van der Waals surface area contributed by atoms with Gasteiger partial charge in [0.25, 0.3) is 0 Å². The van der Waals surface area contributed by atoms with Crippen LogP contribution < -0.4 is 5.32 Å². The smallest absolute Gasteiger partial charge is 0.337 e. The monoisotopic (exact) mass is 327 g/mol. The van der Waals surface area contributed by atoms with Crippen molar-refractivity contribution >= 4 is 17.7 Å². The molecule has 1 atom stereocenters. The van der Waals surface area contributed by atoms with E-state index < -0.39 is 0 Å². The predicted octanol–water partition coefficient (Wildman–Crippen LogP) is 2.97. The van der Waals surface area contributed by atoms with Crippen molar-refractivity contribution in [1.29, 1.82) is 0 Å². The number of ether oxygens (including phenoxy) is 1.